The van der Waals surface area contributed by atoms with Crippen LogP contribution in [0.1, 0.15) is 44.1 Å². The summed E-state index contributed by atoms with van der Waals surface area (Å²) < 4.78 is 0. The van der Waals surface area contributed by atoms with Crippen LogP contribution in [-0.2, 0) is 16.1 Å². The largest absolute Gasteiger partial charge is 0.353 e. The molecule has 0 radical (unpaired) electrons. The molecule has 1 aliphatic heterocycles. The monoisotopic (exact) mass is 369 g/mol. The van der Waals surface area contributed by atoms with Crippen LogP contribution >= 0.6 is 0 Å². The van der Waals surface area contributed by atoms with Crippen molar-refractivity contribution in [2.75, 3.05) is 26.2 Å². The van der Waals surface area contributed by atoms with E-state index in [0.717, 1.165) is 52.0 Å². The van der Waals surface area contributed by atoms with Crippen molar-refractivity contribution >= 4 is 11.8 Å². The first-order chi connectivity index (χ1) is 13.2. The van der Waals surface area contributed by atoms with Gasteiger partial charge in [0.1, 0.15) is 0 Å². The number of carbonyl (C=O) groups excluding carboxylic acids is 2. The molecule has 2 amide bonds. The Bertz CT molecular complexity index is 649. The third kappa shape index (κ3) is 4.70. The van der Waals surface area contributed by atoms with E-state index in [1.807, 2.05) is 11.0 Å². The number of amides is 2. The number of nitrogens with zero attached hydrogens (tertiary/aromatic N) is 2. The van der Waals surface area contributed by atoms with Crippen molar-refractivity contribution in [3.05, 3.63) is 35.9 Å². The fourth-order valence-corrected chi connectivity index (χ4v) is 4.52. The van der Waals surface area contributed by atoms with E-state index in [-0.39, 0.29) is 23.7 Å². The van der Waals surface area contributed by atoms with Crippen molar-refractivity contribution in [1.82, 2.24) is 15.1 Å². The van der Waals surface area contributed by atoms with Gasteiger partial charge in [0.2, 0.25) is 11.8 Å². The van der Waals surface area contributed by atoms with E-state index in [4.69, 9.17) is 0 Å². The van der Waals surface area contributed by atoms with Gasteiger partial charge in [0.15, 0.2) is 0 Å². The number of piperazine rings is 1. The van der Waals surface area contributed by atoms with Gasteiger partial charge in [-0.3, -0.25) is 14.5 Å². The zero-order valence-electron chi connectivity index (χ0n) is 16.1. The van der Waals surface area contributed by atoms with Crippen LogP contribution in [0.25, 0.3) is 0 Å². The van der Waals surface area contributed by atoms with Crippen LogP contribution in [0.5, 0.6) is 0 Å². The Morgan fingerprint density at radius 2 is 1.63 bits per heavy atom. The summed E-state index contributed by atoms with van der Waals surface area (Å²) in [7, 11) is 0. The Morgan fingerprint density at radius 1 is 0.926 bits per heavy atom. The number of benzene rings is 1. The molecule has 0 spiro atoms. The first kappa shape index (κ1) is 18.5. The van der Waals surface area contributed by atoms with Gasteiger partial charge in [-0.15, -0.1) is 0 Å². The van der Waals surface area contributed by atoms with Crippen LogP contribution in [-0.4, -0.2) is 53.8 Å². The van der Waals surface area contributed by atoms with Crippen LogP contribution in [0.2, 0.25) is 0 Å². The van der Waals surface area contributed by atoms with Gasteiger partial charge in [-0.05, 0) is 24.8 Å². The van der Waals surface area contributed by atoms with Gasteiger partial charge < -0.3 is 10.2 Å². The summed E-state index contributed by atoms with van der Waals surface area (Å²) in [5, 5.41) is 3.19. The number of rotatable bonds is 5. The quantitative estimate of drug-likeness (QED) is 0.867. The second-order valence-corrected chi connectivity index (χ2v) is 8.38. The molecule has 5 heteroatoms. The average Bonchev–Trinajstić information content (AvgIpc) is 3.51. The second-order valence-electron chi connectivity index (χ2n) is 8.38. The van der Waals surface area contributed by atoms with Gasteiger partial charge >= 0.3 is 0 Å². The highest BCUT2D eigenvalue weighted by molar-refractivity contribution is 5.92. The zero-order valence-corrected chi connectivity index (χ0v) is 16.1. The molecule has 1 aromatic rings. The summed E-state index contributed by atoms with van der Waals surface area (Å²) in [6.45, 7) is 4.32. The van der Waals surface area contributed by atoms with Gasteiger partial charge in [-0.1, -0.05) is 49.6 Å². The van der Waals surface area contributed by atoms with E-state index in [1.54, 1.807) is 0 Å². The number of hydrogen-bond acceptors (Lipinski definition) is 3. The lowest BCUT2D eigenvalue weighted by Gasteiger charge is -2.35. The fourth-order valence-electron chi connectivity index (χ4n) is 4.52. The molecule has 5 nitrogen and oxygen atoms in total. The lowest BCUT2D eigenvalue weighted by molar-refractivity contribution is -0.136. The molecule has 1 N–H and O–H groups in total. The Morgan fingerprint density at radius 3 is 2.33 bits per heavy atom. The van der Waals surface area contributed by atoms with Gasteiger partial charge in [-0.2, -0.15) is 0 Å². The second kappa shape index (κ2) is 8.42. The molecule has 1 heterocycles. The Labute approximate surface area is 162 Å². The molecule has 3 aliphatic rings. The van der Waals surface area contributed by atoms with E-state index >= 15 is 0 Å². The molecular formula is C22H31N3O2. The third-order valence-electron chi connectivity index (χ3n) is 6.33. The maximum Gasteiger partial charge on any atom is 0.226 e. The average molecular weight is 370 g/mol. The SMILES string of the molecule is O=C(NC1CCCCC1)C1CC1C(=O)N1CCN(Cc2ccccc2)CC1. The van der Waals surface area contributed by atoms with Crippen LogP contribution in [0, 0.1) is 11.8 Å². The lowest BCUT2D eigenvalue weighted by atomic mass is 9.95. The van der Waals surface area contributed by atoms with E-state index in [1.165, 1.54) is 24.8 Å². The normalized spacial score (nSPS) is 26.6. The molecule has 2 saturated carbocycles. The summed E-state index contributed by atoms with van der Waals surface area (Å²) in [5.74, 6) is 0.150. The molecule has 2 atom stereocenters. The smallest absolute Gasteiger partial charge is 0.226 e. The summed E-state index contributed by atoms with van der Waals surface area (Å²) in [5.41, 5.74) is 1.32. The molecule has 1 aromatic carbocycles. The molecule has 1 saturated heterocycles. The van der Waals surface area contributed by atoms with Crippen LogP contribution in [0.15, 0.2) is 30.3 Å². The highest BCUT2D eigenvalue weighted by atomic mass is 16.2. The van der Waals surface area contributed by atoms with Crippen molar-refractivity contribution < 1.29 is 9.59 Å². The van der Waals surface area contributed by atoms with Crippen LogP contribution in [0.4, 0.5) is 0 Å². The minimum atomic E-state index is -0.0817. The van der Waals surface area contributed by atoms with E-state index in [2.05, 4.69) is 34.5 Å². The molecule has 2 aliphatic carbocycles. The number of hydrogen-bond donors (Lipinski definition) is 1. The highest BCUT2D eigenvalue weighted by Crippen LogP contribution is 2.40. The maximum absolute atomic E-state index is 12.8. The van der Waals surface area contributed by atoms with Crippen molar-refractivity contribution in [1.29, 1.82) is 0 Å². The number of carbonyl (C=O) groups is 2. The molecule has 146 valence electrons. The van der Waals surface area contributed by atoms with E-state index < -0.39 is 0 Å². The lowest BCUT2D eigenvalue weighted by Crippen LogP contribution is -2.49. The van der Waals surface area contributed by atoms with E-state index in [0.29, 0.717) is 6.04 Å². The predicted octanol–water partition coefficient (Wildman–Crippen LogP) is 2.42. The maximum atomic E-state index is 12.8. The Kier molecular flexibility index (Phi) is 5.77. The molecule has 3 fully saturated rings. The summed E-state index contributed by atoms with van der Waals surface area (Å²) in [4.78, 5) is 29.6. The van der Waals surface area contributed by atoms with Crippen molar-refractivity contribution in [3.63, 3.8) is 0 Å². The molecule has 0 aromatic heterocycles. The highest BCUT2D eigenvalue weighted by Gasteiger charge is 2.50. The van der Waals surface area contributed by atoms with Crippen LogP contribution in [0.3, 0.4) is 0 Å². The van der Waals surface area contributed by atoms with E-state index in [9.17, 15) is 9.59 Å². The molecule has 4 rings (SSSR count). The molecule has 2 unspecified atom stereocenters. The Hall–Kier alpha value is -1.88. The van der Waals surface area contributed by atoms with Gasteiger partial charge in [0.05, 0.1) is 11.8 Å². The first-order valence-electron chi connectivity index (χ1n) is 10.6. The summed E-state index contributed by atoms with van der Waals surface area (Å²) in [6.07, 6.45) is 6.64. The third-order valence-corrected chi connectivity index (χ3v) is 6.33. The first-order valence-corrected chi connectivity index (χ1v) is 10.6. The van der Waals surface area contributed by atoms with Crippen molar-refractivity contribution in [3.8, 4) is 0 Å². The summed E-state index contributed by atoms with van der Waals surface area (Å²) in [6, 6.07) is 10.8. The van der Waals surface area contributed by atoms with Crippen molar-refractivity contribution in [2.45, 2.75) is 51.1 Å². The van der Waals surface area contributed by atoms with Crippen LogP contribution < -0.4 is 5.32 Å². The summed E-state index contributed by atoms with van der Waals surface area (Å²) >= 11 is 0. The molecule has 27 heavy (non-hydrogen) atoms. The zero-order chi connectivity index (χ0) is 18.6. The fraction of sp³-hybridized carbons (Fsp3) is 0.636. The van der Waals surface area contributed by atoms with Gasteiger partial charge in [0.25, 0.3) is 0 Å². The minimum Gasteiger partial charge on any atom is -0.353 e. The Balaban J connectivity index is 1.20. The van der Waals surface area contributed by atoms with Gasteiger partial charge in [-0.25, -0.2) is 0 Å². The van der Waals surface area contributed by atoms with Crippen molar-refractivity contribution in [2.24, 2.45) is 11.8 Å². The topological polar surface area (TPSA) is 52.7 Å². The molecule has 0 bridgehead atoms. The molecular weight excluding hydrogens is 338 g/mol. The van der Waals surface area contributed by atoms with Gasteiger partial charge in [0, 0.05) is 38.8 Å². The number of nitrogens with one attached hydrogen (secondary N) is 1. The standard InChI is InChI=1S/C22H31N3O2/c26-21(23-18-9-5-2-6-10-18)19-15-20(19)22(27)25-13-11-24(12-14-25)16-17-7-3-1-4-8-17/h1,3-4,7-8,18-20H,2,5-6,9-16H2,(H,23,26). The predicted molar refractivity (Wildman–Crippen MR) is 105 cm³/mol. The minimum absolute atomic E-state index is 0.0748.